The van der Waals surface area contributed by atoms with Gasteiger partial charge in [0.05, 0.1) is 5.56 Å². The molecular weight excluding hydrogens is 407 g/mol. The molecule has 0 bridgehead atoms. The second-order valence-electron chi connectivity index (χ2n) is 5.20. The standard InChI is InChI=1S/C20H10Cl2O6/c21-15-5-1-3-13(11-15)19(27)28-20(9-7-17(23)24,10-8-18(25)26)14-4-2-6-16(22)12-14/h1-6,11-12H,(H,23,24)(H,25,26). The summed E-state index contributed by atoms with van der Waals surface area (Å²) in [5.74, 6) is 4.10. The first-order valence-electron chi connectivity index (χ1n) is 7.49. The van der Waals surface area contributed by atoms with Crippen molar-refractivity contribution >= 4 is 41.1 Å². The van der Waals surface area contributed by atoms with Crippen LogP contribution in [0.5, 0.6) is 0 Å². The lowest BCUT2D eigenvalue weighted by molar-refractivity contribution is -0.131. The van der Waals surface area contributed by atoms with Gasteiger partial charge in [-0.15, -0.1) is 0 Å². The first-order valence-corrected chi connectivity index (χ1v) is 8.24. The normalized spacial score (nSPS) is 9.93. The summed E-state index contributed by atoms with van der Waals surface area (Å²) in [6.07, 6.45) is 0. The van der Waals surface area contributed by atoms with E-state index in [1.165, 1.54) is 48.5 Å². The van der Waals surface area contributed by atoms with Crippen LogP contribution in [0.3, 0.4) is 0 Å². The van der Waals surface area contributed by atoms with Crippen molar-refractivity contribution in [3.8, 4) is 23.7 Å². The highest BCUT2D eigenvalue weighted by Crippen LogP contribution is 2.29. The maximum Gasteiger partial charge on any atom is 0.382 e. The van der Waals surface area contributed by atoms with Crippen LogP contribution in [0.2, 0.25) is 10.0 Å². The first-order chi connectivity index (χ1) is 13.2. The Kier molecular flexibility index (Phi) is 6.68. The highest BCUT2D eigenvalue weighted by atomic mass is 35.5. The SMILES string of the molecule is O=C(O)C#CC(C#CC(=O)O)(OC(=O)c1cccc(Cl)c1)c1cccc(Cl)c1. The Morgan fingerprint density at radius 2 is 1.39 bits per heavy atom. The van der Waals surface area contributed by atoms with Crippen LogP contribution in [0.1, 0.15) is 15.9 Å². The van der Waals surface area contributed by atoms with Gasteiger partial charge in [-0.1, -0.05) is 41.4 Å². The Morgan fingerprint density at radius 3 is 1.89 bits per heavy atom. The number of aliphatic carboxylic acids is 2. The minimum atomic E-state index is -2.19. The molecular formula is C20H10Cl2O6. The Balaban J connectivity index is 2.66. The van der Waals surface area contributed by atoms with E-state index in [0.717, 1.165) is 0 Å². The van der Waals surface area contributed by atoms with Gasteiger partial charge in [-0.25, -0.2) is 14.4 Å². The quantitative estimate of drug-likeness (QED) is 0.588. The van der Waals surface area contributed by atoms with E-state index < -0.39 is 23.5 Å². The number of carbonyl (C=O) groups is 3. The Labute approximate surface area is 169 Å². The molecule has 0 saturated heterocycles. The highest BCUT2D eigenvalue weighted by Gasteiger charge is 2.34. The molecule has 0 aliphatic carbocycles. The van der Waals surface area contributed by atoms with Crippen LogP contribution < -0.4 is 0 Å². The number of carboxylic acid groups (broad SMARTS) is 2. The molecule has 2 aromatic rings. The Morgan fingerprint density at radius 1 is 0.857 bits per heavy atom. The van der Waals surface area contributed by atoms with E-state index in [4.69, 9.17) is 38.2 Å². The van der Waals surface area contributed by atoms with Crippen LogP contribution in [-0.2, 0) is 19.9 Å². The average molecular weight is 417 g/mol. The molecule has 28 heavy (non-hydrogen) atoms. The van der Waals surface area contributed by atoms with Crippen molar-refractivity contribution in [2.24, 2.45) is 0 Å². The van der Waals surface area contributed by atoms with Crippen LogP contribution in [0, 0.1) is 23.7 Å². The summed E-state index contributed by atoms with van der Waals surface area (Å²) in [7, 11) is 0. The molecule has 0 amide bonds. The largest absolute Gasteiger partial charge is 0.472 e. The van der Waals surface area contributed by atoms with Gasteiger partial charge >= 0.3 is 17.9 Å². The molecule has 0 aromatic heterocycles. The van der Waals surface area contributed by atoms with Crippen LogP contribution in [0.4, 0.5) is 0 Å². The maximum absolute atomic E-state index is 12.6. The van der Waals surface area contributed by atoms with Crippen LogP contribution in [0.25, 0.3) is 0 Å². The van der Waals surface area contributed by atoms with E-state index in [9.17, 15) is 14.4 Å². The lowest BCUT2D eigenvalue weighted by Gasteiger charge is -2.23. The Hall–Kier alpha value is -3.45. The monoisotopic (exact) mass is 416 g/mol. The summed E-state index contributed by atoms with van der Waals surface area (Å²) in [5.41, 5.74) is -2.08. The summed E-state index contributed by atoms with van der Waals surface area (Å²) in [6, 6.07) is 11.5. The number of hydrogen-bond donors (Lipinski definition) is 2. The van der Waals surface area contributed by atoms with E-state index >= 15 is 0 Å². The highest BCUT2D eigenvalue weighted by molar-refractivity contribution is 6.31. The van der Waals surface area contributed by atoms with Crippen molar-refractivity contribution < 1.29 is 29.3 Å². The molecule has 0 aliphatic heterocycles. The number of carboxylic acids is 2. The van der Waals surface area contributed by atoms with Crippen molar-refractivity contribution in [2.45, 2.75) is 5.60 Å². The van der Waals surface area contributed by atoms with Crippen molar-refractivity contribution in [1.82, 2.24) is 0 Å². The van der Waals surface area contributed by atoms with Crippen molar-refractivity contribution in [3.05, 3.63) is 69.7 Å². The minimum Gasteiger partial charge on any atom is -0.472 e. The molecule has 0 atom stereocenters. The fraction of sp³-hybridized carbons (Fsp3) is 0.0500. The lowest BCUT2D eigenvalue weighted by atomic mass is 9.94. The molecule has 6 nitrogen and oxygen atoms in total. The van der Waals surface area contributed by atoms with Crippen LogP contribution in [-0.4, -0.2) is 28.1 Å². The summed E-state index contributed by atoms with van der Waals surface area (Å²) in [4.78, 5) is 34.5. The smallest absolute Gasteiger partial charge is 0.382 e. The summed E-state index contributed by atoms with van der Waals surface area (Å²) in [5, 5.41) is 18.3. The van der Waals surface area contributed by atoms with Crippen LogP contribution >= 0.6 is 23.2 Å². The summed E-state index contributed by atoms with van der Waals surface area (Å²) in [6.45, 7) is 0. The molecule has 0 unspecified atom stereocenters. The minimum absolute atomic E-state index is 0.0353. The summed E-state index contributed by atoms with van der Waals surface area (Å²) < 4.78 is 5.39. The number of carbonyl (C=O) groups excluding carboxylic acids is 1. The number of benzene rings is 2. The van der Waals surface area contributed by atoms with Crippen molar-refractivity contribution in [2.75, 3.05) is 0 Å². The third-order valence-corrected chi connectivity index (χ3v) is 3.70. The van der Waals surface area contributed by atoms with Gasteiger partial charge in [0.25, 0.3) is 5.60 Å². The molecule has 140 valence electrons. The fourth-order valence-electron chi connectivity index (χ4n) is 2.09. The third-order valence-electron chi connectivity index (χ3n) is 3.23. The number of rotatable bonds is 3. The second kappa shape index (κ2) is 8.96. The molecule has 0 aliphatic rings. The molecule has 0 heterocycles. The van der Waals surface area contributed by atoms with Gasteiger partial charge in [-0.05, 0) is 42.2 Å². The van der Waals surface area contributed by atoms with E-state index in [2.05, 4.69) is 11.8 Å². The van der Waals surface area contributed by atoms with E-state index in [1.54, 1.807) is 0 Å². The summed E-state index contributed by atoms with van der Waals surface area (Å²) >= 11 is 11.8. The predicted molar refractivity (Wildman–Crippen MR) is 101 cm³/mol. The van der Waals surface area contributed by atoms with E-state index in [0.29, 0.717) is 0 Å². The predicted octanol–water partition coefficient (Wildman–Crippen LogP) is 3.22. The zero-order valence-corrected chi connectivity index (χ0v) is 15.4. The van der Waals surface area contributed by atoms with Gasteiger partial charge in [0.1, 0.15) is 0 Å². The van der Waals surface area contributed by atoms with Crippen molar-refractivity contribution in [1.29, 1.82) is 0 Å². The number of halogens is 2. The fourth-order valence-corrected chi connectivity index (χ4v) is 2.47. The molecule has 0 spiro atoms. The van der Waals surface area contributed by atoms with Gasteiger partial charge in [-0.2, -0.15) is 0 Å². The number of esters is 1. The van der Waals surface area contributed by atoms with Gasteiger partial charge in [-0.3, -0.25) is 0 Å². The van der Waals surface area contributed by atoms with Gasteiger partial charge < -0.3 is 14.9 Å². The Bertz CT molecular complexity index is 1040. The van der Waals surface area contributed by atoms with Gasteiger partial charge in [0.2, 0.25) is 0 Å². The number of ether oxygens (including phenoxy) is 1. The van der Waals surface area contributed by atoms with E-state index in [-0.39, 0.29) is 21.2 Å². The zero-order valence-electron chi connectivity index (χ0n) is 13.9. The molecule has 0 fully saturated rings. The first kappa shape index (κ1) is 20.9. The second-order valence-corrected chi connectivity index (χ2v) is 6.07. The van der Waals surface area contributed by atoms with Crippen LogP contribution in [0.15, 0.2) is 48.5 Å². The molecule has 0 radical (unpaired) electrons. The zero-order chi connectivity index (χ0) is 20.7. The van der Waals surface area contributed by atoms with E-state index in [1.807, 2.05) is 11.8 Å². The molecule has 8 heteroatoms. The van der Waals surface area contributed by atoms with Gasteiger partial charge in [0.15, 0.2) is 0 Å². The lowest BCUT2D eigenvalue weighted by Crippen LogP contribution is -2.30. The number of hydrogen-bond acceptors (Lipinski definition) is 4. The molecule has 2 N–H and O–H groups in total. The molecule has 2 rings (SSSR count). The molecule has 0 saturated carbocycles. The third kappa shape index (κ3) is 5.52. The topological polar surface area (TPSA) is 101 Å². The average Bonchev–Trinajstić information content (AvgIpc) is 2.63. The van der Waals surface area contributed by atoms with Crippen molar-refractivity contribution in [3.63, 3.8) is 0 Å². The maximum atomic E-state index is 12.6. The molecule has 2 aromatic carbocycles. The van der Waals surface area contributed by atoms with Gasteiger partial charge in [0, 0.05) is 27.4 Å².